The number of esters is 1. The predicted molar refractivity (Wildman–Crippen MR) is 114 cm³/mol. The van der Waals surface area contributed by atoms with Crippen LogP contribution in [-0.4, -0.2) is 34.8 Å². The Morgan fingerprint density at radius 3 is 2.30 bits per heavy atom. The number of carbonyl (C=O) groups is 2. The Bertz CT molecular complexity index is 1110. The molecule has 0 aliphatic heterocycles. The van der Waals surface area contributed by atoms with Crippen LogP contribution in [0.25, 0.3) is 10.8 Å². The molecular formula is C23H25N3O4. The quantitative estimate of drug-likeness (QED) is 0.608. The fourth-order valence-electron chi connectivity index (χ4n) is 3.34. The van der Waals surface area contributed by atoms with Crippen LogP contribution < -0.4 is 10.9 Å². The molecule has 2 aromatic carbocycles. The lowest BCUT2D eigenvalue weighted by molar-refractivity contribution is -0.145. The van der Waals surface area contributed by atoms with Gasteiger partial charge in [0, 0.05) is 11.8 Å². The maximum Gasteiger partial charge on any atom is 0.328 e. The van der Waals surface area contributed by atoms with E-state index >= 15 is 0 Å². The highest BCUT2D eigenvalue weighted by Crippen LogP contribution is 2.15. The smallest absolute Gasteiger partial charge is 0.328 e. The lowest BCUT2D eigenvalue weighted by Crippen LogP contribution is -2.44. The van der Waals surface area contributed by atoms with Crippen molar-refractivity contribution in [2.24, 2.45) is 0 Å². The first-order valence-corrected chi connectivity index (χ1v) is 9.82. The highest BCUT2D eigenvalue weighted by molar-refractivity contribution is 5.90. The van der Waals surface area contributed by atoms with Gasteiger partial charge in [-0.3, -0.25) is 9.59 Å². The molecule has 0 radical (unpaired) electrons. The monoisotopic (exact) mass is 407 g/mol. The van der Waals surface area contributed by atoms with Crippen molar-refractivity contribution in [1.29, 1.82) is 0 Å². The minimum Gasteiger partial charge on any atom is -0.467 e. The molecule has 156 valence electrons. The van der Waals surface area contributed by atoms with Crippen LogP contribution in [0.5, 0.6) is 0 Å². The van der Waals surface area contributed by atoms with Gasteiger partial charge >= 0.3 is 5.97 Å². The number of nitrogens with zero attached hydrogens (tertiary/aromatic N) is 2. The van der Waals surface area contributed by atoms with E-state index in [0.717, 1.165) is 5.56 Å². The number of benzene rings is 2. The molecule has 0 saturated heterocycles. The molecule has 0 spiro atoms. The number of methoxy groups -OCH3 is 1. The molecule has 0 saturated carbocycles. The fourth-order valence-corrected chi connectivity index (χ4v) is 3.34. The molecule has 1 N–H and O–H groups in total. The van der Waals surface area contributed by atoms with E-state index in [2.05, 4.69) is 10.4 Å². The van der Waals surface area contributed by atoms with Crippen molar-refractivity contribution in [3.05, 3.63) is 76.2 Å². The summed E-state index contributed by atoms with van der Waals surface area (Å²) in [7, 11) is 1.29. The van der Waals surface area contributed by atoms with Crippen LogP contribution in [-0.2, 0) is 27.2 Å². The van der Waals surface area contributed by atoms with Crippen LogP contribution in [0.2, 0.25) is 0 Å². The summed E-state index contributed by atoms with van der Waals surface area (Å²) in [5, 5.41) is 8.32. The van der Waals surface area contributed by atoms with Crippen molar-refractivity contribution in [2.75, 3.05) is 7.11 Å². The van der Waals surface area contributed by atoms with E-state index in [1.807, 2.05) is 44.2 Å². The Labute approximate surface area is 174 Å². The first kappa shape index (κ1) is 21.2. The molecule has 1 atom stereocenters. The van der Waals surface area contributed by atoms with Gasteiger partial charge in [-0.1, -0.05) is 48.5 Å². The standard InChI is InChI=1S/C23H25N3O4/c1-15(2)26-22(28)18-12-8-7-11-17(18)19(25-26)14-21(27)24-20(23(29)30-3)13-16-9-5-4-6-10-16/h4-12,15,20H,13-14H2,1-3H3,(H,24,27)/t20-/m0/s1. The third-order valence-corrected chi connectivity index (χ3v) is 4.83. The van der Waals surface area contributed by atoms with E-state index in [4.69, 9.17) is 4.74 Å². The van der Waals surface area contributed by atoms with Gasteiger partial charge in [-0.15, -0.1) is 0 Å². The minimum absolute atomic E-state index is 0.0597. The molecule has 0 unspecified atom stereocenters. The lowest BCUT2D eigenvalue weighted by Gasteiger charge is -2.17. The van der Waals surface area contributed by atoms with E-state index in [1.165, 1.54) is 11.8 Å². The molecule has 0 aliphatic rings. The number of rotatable bonds is 7. The summed E-state index contributed by atoms with van der Waals surface area (Å²) in [6.07, 6.45) is 0.259. The van der Waals surface area contributed by atoms with Gasteiger partial charge in [0.25, 0.3) is 5.56 Å². The first-order chi connectivity index (χ1) is 14.4. The van der Waals surface area contributed by atoms with Crippen molar-refractivity contribution in [1.82, 2.24) is 15.1 Å². The van der Waals surface area contributed by atoms with E-state index in [9.17, 15) is 14.4 Å². The highest BCUT2D eigenvalue weighted by atomic mass is 16.5. The molecule has 3 rings (SSSR count). The zero-order chi connectivity index (χ0) is 21.7. The molecule has 0 bridgehead atoms. The van der Waals surface area contributed by atoms with Gasteiger partial charge < -0.3 is 10.1 Å². The van der Waals surface area contributed by atoms with Crippen molar-refractivity contribution < 1.29 is 14.3 Å². The van der Waals surface area contributed by atoms with Crippen molar-refractivity contribution >= 4 is 22.6 Å². The molecule has 30 heavy (non-hydrogen) atoms. The van der Waals surface area contributed by atoms with E-state index in [-0.39, 0.29) is 23.9 Å². The Morgan fingerprint density at radius 2 is 1.67 bits per heavy atom. The second kappa shape index (κ2) is 9.35. The number of hydrogen-bond donors (Lipinski definition) is 1. The minimum atomic E-state index is -0.813. The summed E-state index contributed by atoms with van der Waals surface area (Å²) in [5.74, 6) is -0.884. The van der Waals surface area contributed by atoms with Crippen LogP contribution in [0, 0.1) is 0 Å². The van der Waals surface area contributed by atoms with Crippen molar-refractivity contribution in [2.45, 2.75) is 38.8 Å². The molecule has 1 amide bonds. The van der Waals surface area contributed by atoms with Crippen molar-refractivity contribution in [3.8, 4) is 0 Å². The Kier molecular flexibility index (Phi) is 6.61. The summed E-state index contributed by atoms with van der Waals surface area (Å²) >= 11 is 0. The topological polar surface area (TPSA) is 90.3 Å². The summed E-state index contributed by atoms with van der Waals surface area (Å²) in [5.41, 5.74) is 1.20. The first-order valence-electron chi connectivity index (χ1n) is 9.82. The van der Waals surface area contributed by atoms with Gasteiger partial charge in [0.1, 0.15) is 6.04 Å². The molecule has 0 fully saturated rings. The number of hydrogen-bond acceptors (Lipinski definition) is 5. The van der Waals surface area contributed by atoms with Crippen LogP contribution >= 0.6 is 0 Å². The second-order valence-electron chi connectivity index (χ2n) is 7.35. The maximum absolute atomic E-state index is 12.8. The number of carbonyl (C=O) groups excluding carboxylic acids is 2. The van der Waals surface area contributed by atoms with E-state index in [0.29, 0.717) is 22.9 Å². The number of fused-ring (bicyclic) bond motifs is 1. The second-order valence-corrected chi connectivity index (χ2v) is 7.35. The van der Waals surface area contributed by atoms with Crippen LogP contribution in [0.15, 0.2) is 59.4 Å². The zero-order valence-electron chi connectivity index (χ0n) is 17.3. The summed E-state index contributed by atoms with van der Waals surface area (Å²) in [6, 6.07) is 15.5. The normalized spacial score (nSPS) is 12.0. The van der Waals surface area contributed by atoms with Gasteiger partial charge in [-0.2, -0.15) is 5.10 Å². The molecular weight excluding hydrogens is 382 g/mol. The van der Waals surface area contributed by atoms with E-state index in [1.54, 1.807) is 24.3 Å². The third kappa shape index (κ3) is 4.74. The van der Waals surface area contributed by atoms with Gasteiger partial charge in [-0.25, -0.2) is 9.48 Å². The summed E-state index contributed by atoms with van der Waals surface area (Å²) in [6.45, 7) is 3.72. The Hall–Kier alpha value is -3.48. The molecule has 7 nitrogen and oxygen atoms in total. The largest absolute Gasteiger partial charge is 0.467 e. The number of nitrogens with one attached hydrogen (secondary N) is 1. The van der Waals surface area contributed by atoms with Crippen LogP contribution in [0.3, 0.4) is 0 Å². The maximum atomic E-state index is 12.8. The van der Waals surface area contributed by atoms with Crippen molar-refractivity contribution in [3.63, 3.8) is 0 Å². The predicted octanol–water partition coefficient (Wildman–Crippen LogP) is 2.42. The fraction of sp³-hybridized carbons (Fsp3) is 0.304. The number of amides is 1. The molecule has 0 aliphatic carbocycles. The Morgan fingerprint density at radius 1 is 1.03 bits per heavy atom. The zero-order valence-corrected chi connectivity index (χ0v) is 17.3. The molecule has 3 aromatic rings. The van der Waals surface area contributed by atoms with Gasteiger partial charge in [-0.05, 0) is 25.5 Å². The van der Waals surface area contributed by atoms with Gasteiger partial charge in [0.2, 0.25) is 5.91 Å². The highest BCUT2D eigenvalue weighted by Gasteiger charge is 2.23. The SMILES string of the molecule is COC(=O)[C@H](Cc1ccccc1)NC(=O)Cc1nn(C(C)C)c(=O)c2ccccc12. The molecule has 1 heterocycles. The van der Waals surface area contributed by atoms with Crippen LogP contribution in [0.4, 0.5) is 0 Å². The molecule has 1 aromatic heterocycles. The summed E-state index contributed by atoms with van der Waals surface area (Å²) in [4.78, 5) is 37.7. The van der Waals surface area contributed by atoms with Crippen LogP contribution in [0.1, 0.15) is 31.1 Å². The Balaban J connectivity index is 1.87. The lowest BCUT2D eigenvalue weighted by atomic mass is 10.1. The average Bonchev–Trinajstić information content (AvgIpc) is 2.75. The number of aromatic nitrogens is 2. The summed E-state index contributed by atoms with van der Waals surface area (Å²) < 4.78 is 6.24. The third-order valence-electron chi connectivity index (χ3n) is 4.83. The molecule has 7 heteroatoms. The van der Waals surface area contributed by atoms with Gasteiger partial charge in [0.15, 0.2) is 0 Å². The average molecular weight is 407 g/mol. The van der Waals surface area contributed by atoms with E-state index < -0.39 is 12.0 Å². The van der Waals surface area contributed by atoms with Gasteiger partial charge in [0.05, 0.1) is 30.7 Å². The number of ether oxygens (including phenoxy) is 1.